The predicted molar refractivity (Wildman–Crippen MR) is 104 cm³/mol. The van der Waals surface area contributed by atoms with E-state index in [2.05, 4.69) is 20.7 Å². The van der Waals surface area contributed by atoms with Gasteiger partial charge in [0.15, 0.2) is 5.65 Å². The van der Waals surface area contributed by atoms with Gasteiger partial charge in [-0.3, -0.25) is 4.79 Å². The minimum atomic E-state index is -0.112. The second-order valence-electron chi connectivity index (χ2n) is 6.77. The van der Waals surface area contributed by atoms with E-state index in [0.29, 0.717) is 17.0 Å². The molecule has 27 heavy (non-hydrogen) atoms. The van der Waals surface area contributed by atoms with Crippen molar-refractivity contribution in [2.75, 3.05) is 12.4 Å². The number of methoxy groups -OCH3 is 1. The molecule has 0 unspecified atom stereocenters. The molecule has 0 atom stereocenters. The minimum absolute atomic E-state index is 0.112. The quantitative estimate of drug-likeness (QED) is 0.723. The number of carbonyl (C=O) groups excluding carboxylic acids is 1. The Balaban J connectivity index is 1.58. The number of para-hydroxylation sites is 2. The summed E-state index contributed by atoms with van der Waals surface area (Å²) >= 11 is 0. The molecule has 2 aromatic heterocycles. The maximum atomic E-state index is 12.7. The number of rotatable bonds is 5. The number of hydrogen-bond acceptors (Lipinski definition) is 5. The molecule has 7 heteroatoms. The minimum Gasteiger partial charge on any atom is -0.495 e. The summed E-state index contributed by atoms with van der Waals surface area (Å²) < 4.78 is 6.98. The highest BCUT2D eigenvalue weighted by molar-refractivity contribution is 6.00. The number of fused-ring (bicyclic) bond motifs is 1. The molecule has 2 heterocycles. The van der Waals surface area contributed by atoms with Gasteiger partial charge in [-0.1, -0.05) is 31.4 Å². The molecule has 1 amide bonds. The molecule has 0 spiro atoms. The van der Waals surface area contributed by atoms with Crippen molar-refractivity contribution in [3.8, 4) is 5.75 Å². The van der Waals surface area contributed by atoms with Gasteiger partial charge in [-0.05, 0) is 31.0 Å². The first kappa shape index (κ1) is 17.3. The van der Waals surface area contributed by atoms with E-state index in [1.807, 2.05) is 30.3 Å². The molecule has 0 radical (unpaired) electrons. The number of hydrogen-bond donors (Lipinski definition) is 2. The van der Waals surface area contributed by atoms with Gasteiger partial charge in [0.2, 0.25) is 0 Å². The SMILES string of the molecule is COc1ccccc1Nc1ccn2ncc(C(=O)NC3CCCCC3)c2n1. The number of nitrogens with one attached hydrogen (secondary N) is 2. The van der Waals surface area contributed by atoms with Crippen LogP contribution in [0, 0.1) is 0 Å². The van der Waals surface area contributed by atoms with Crippen LogP contribution in [0.25, 0.3) is 5.65 Å². The summed E-state index contributed by atoms with van der Waals surface area (Å²) in [7, 11) is 1.63. The van der Waals surface area contributed by atoms with Crippen LogP contribution in [-0.2, 0) is 0 Å². The van der Waals surface area contributed by atoms with Gasteiger partial charge in [0.1, 0.15) is 17.1 Å². The van der Waals surface area contributed by atoms with E-state index >= 15 is 0 Å². The topological polar surface area (TPSA) is 80.5 Å². The second-order valence-corrected chi connectivity index (χ2v) is 6.77. The highest BCUT2D eigenvalue weighted by atomic mass is 16.5. The molecule has 140 valence electrons. The van der Waals surface area contributed by atoms with Gasteiger partial charge in [0.25, 0.3) is 5.91 Å². The van der Waals surface area contributed by atoms with Crippen LogP contribution in [0.5, 0.6) is 5.75 Å². The van der Waals surface area contributed by atoms with E-state index in [1.54, 1.807) is 24.0 Å². The average Bonchev–Trinajstić information content (AvgIpc) is 3.12. The number of nitrogens with zero attached hydrogens (tertiary/aromatic N) is 3. The van der Waals surface area contributed by atoms with Crippen LogP contribution in [0.3, 0.4) is 0 Å². The summed E-state index contributed by atoms with van der Waals surface area (Å²) in [4.78, 5) is 17.3. The van der Waals surface area contributed by atoms with Crippen molar-refractivity contribution in [2.24, 2.45) is 0 Å². The maximum absolute atomic E-state index is 12.7. The van der Waals surface area contributed by atoms with Crippen LogP contribution in [0.1, 0.15) is 42.5 Å². The van der Waals surface area contributed by atoms with Gasteiger partial charge < -0.3 is 15.4 Å². The zero-order valence-corrected chi connectivity index (χ0v) is 15.3. The third-order valence-electron chi connectivity index (χ3n) is 4.92. The van der Waals surface area contributed by atoms with E-state index in [0.717, 1.165) is 24.3 Å². The highest BCUT2D eigenvalue weighted by Crippen LogP contribution is 2.26. The van der Waals surface area contributed by atoms with Crippen molar-refractivity contribution < 1.29 is 9.53 Å². The standard InChI is InChI=1S/C20H23N5O2/c1-27-17-10-6-5-9-16(17)23-18-11-12-25-19(24-18)15(13-21-25)20(26)22-14-7-3-2-4-8-14/h5-6,9-14H,2-4,7-8H2,1H3,(H,22,26)(H,23,24). The van der Waals surface area contributed by atoms with Gasteiger partial charge in [0, 0.05) is 12.2 Å². The number of anilines is 2. The average molecular weight is 365 g/mol. The van der Waals surface area contributed by atoms with Crippen LogP contribution in [-0.4, -0.2) is 33.7 Å². The Morgan fingerprint density at radius 1 is 1.19 bits per heavy atom. The summed E-state index contributed by atoms with van der Waals surface area (Å²) in [6.07, 6.45) is 9.04. The summed E-state index contributed by atoms with van der Waals surface area (Å²) in [6, 6.07) is 9.68. The first-order valence-electron chi connectivity index (χ1n) is 9.30. The Morgan fingerprint density at radius 2 is 2.00 bits per heavy atom. The molecule has 3 aromatic rings. The molecule has 0 saturated heterocycles. The van der Waals surface area contributed by atoms with E-state index < -0.39 is 0 Å². The van der Waals surface area contributed by atoms with Crippen molar-refractivity contribution in [3.05, 3.63) is 48.3 Å². The van der Waals surface area contributed by atoms with Gasteiger partial charge in [-0.15, -0.1) is 0 Å². The first-order chi connectivity index (χ1) is 13.2. The predicted octanol–water partition coefficient (Wildman–Crippen LogP) is 3.54. The smallest absolute Gasteiger partial charge is 0.256 e. The summed E-state index contributed by atoms with van der Waals surface area (Å²) in [5.74, 6) is 1.24. The zero-order chi connectivity index (χ0) is 18.6. The van der Waals surface area contributed by atoms with Gasteiger partial charge in [0.05, 0.1) is 19.0 Å². The monoisotopic (exact) mass is 365 g/mol. The van der Waals surface area contributed by atoms with E-state index in [1.165, 1.54) is 19.3 Å². The normalized spacial score (nSPS) is 14.9. The van der Waals surface area contributed by atoms with Crippen molar-refractivity contribution >= 4 is 23.1 Å². The largest absolute Gasteiger partial charge is 0.495 e. The fraction of sp³-hybridized carbons (Fsp3) is 0.350. The van der Waals surface area contributed by atoms with Crippen molar-refractivity contribution in [2.45, 2.75) is 38.1 Å². The van der Waals surface area contributed by atoms with Crippen LogP contribution >= 0.6 is 0 Å². The molecule has 1 aliphatic carbocycles. The first-order valence-corrected chi connectivity index (χ1v) is 9.30. The lowest BCUT2D eigenvalue weighted by Crippen LogP contribution is -2.36. The third kappa shape index (κ3) is 3.72. The maximum Gasteiger partial charge on any atom is 0.256 e. The molecule has 2 N–H and O–H groups in total. The molecule has 1 aliphatic rings. The Morgan fingerprint density at radius 3 is 2.81 bits per heavy atom. The van der Waals surface area contributed by atoms with Crippen LogP contribution in [0.4, 0.5) is 11.5 Å². The van der Waals surface area contributed by atoms with Crippen LogP contribution in [0.2, 0.25) is 0 Å². The number of aromatic nitrogens is 3. The van der Waals surface area contributed by atoms with Crippen molar-refractivity contribution in [3.63, 3.8) is 0 Å². The van der Waals surface area contributed by atoms with Crippen LogP contribution < -0.4 is 15.4 Å². The number of amides is 1. The second kappa shape index (κ2) is 7.65. The highest BCUT2D eigenvalue weighted by Gasteiger charge is 2.20. The van der Waals surface area contributed by atoms with Crippen molar-refractivity contribution in [1.82, 2.24) is 19.9 Å². The molecular weight excluding hydrogens is 342 g/mol. The van der Waals surface area contributed by atoms with Gasteiger partial charge >= 0.3 is 0 Å². The number of benzene rings is 1. The molecule has 1 fully saturated rings. The Bertz CT molecular complexity index is 946. The fourth-order valence-corrected chi connectivity index (χ4v) is 3.49. The van der Waals surface area contributed by atoms with E-state index in [9.17, 15) is 4.79 Å². The molecule has 7 nitrogen and oxygen atoms in total. The van der Waals surface area contributed by atoms with Gasteiger partial charge in [-0.2, -0.15) is 5.10 Å². The third-order valence-corrected chi connectivity index (χ3v) is 4.92. The lowest BCUT2D eigenvalue weighted by Gasteiger charge is -2.22. The Hall–Kier alpha value is -3.09. The van der Waals surface area contributed by atoms with E-state index in [-0.39, 0.29) is 11.9 Å². The Labute approximate surface area is 157 Å². The summed E-state index contributed by atoms with van der Waals surface area (Å²) in [5, 5.41) is 10.6. The zero-order valence-electron chi connectivity index (χ0n) is 15.3. The Kier molecular flexibility index (Phi) is 4.91. The molecule has 1 aromatic carbocycles. The summed E-state index contributed by atoms with van der Waals surface area (Å²) in [5.41, 5.74) is 1.83. The molecule has 4 rings (SSSR count). The lowest BCUT2D eigenvalue weighted by molar-refractivity contribution is 0.0929. The summed E-state index contributed by atoms with van der Waals surface area (Å²) in [6.45, 7) is 0. The number of carbonyl (C=O) groups is 1. The number of ether oxygens (including phenoxy) is 1. The molecule has 0 aliphatic heterocycles. The van der Waals surface area contributed by atoms with Crippen LogP contribution in [0.15, 0.2) is 42.7 Å². The molecule has 1 saturated carbocycles. The molecule has 0 bridgehead atoms. The van der Waals surface area contributed by atoms with Crippen molar-refractivity contribution in [1.29, 1.82) is 0 Å². The molecular formula is C20H23N5O2. The van der Waals surface area contributed by atoms with E-state index in [4.69, 9.17) is 4.74 Å². The fourth-order valence-electron chi connectivity index (χ4n) is 3.49. The lowest BCUT2D eigenvalue weighted by atomic mass is 9.95. The van der Waals surface area contributed by atoms with Gasteiger partial charge in [-0.25, -0.2) is 9.50 Å².